The molecule has 0 spiro atoms. The van der Waals surface area contributed by atoms with Gasteiger partial charge < -0.3 is 8.83 Å². The molecule has 3 rings (SSSR count). The standard InChI is InChI=1S/C14H14O3Si/c1-18(2,3)12-8-10-13(15)9-6-4-5-7-11(9)16-14(10)17-12/h4-8H,1-3H3. The lowest BCUT2D eigenvalue weighted by Gasteiger charge is -2.09. The van der Waals surface area contributed by atoms with Gasteiger partial charge in [0, 0.05) is 0 Å². The molecule has 0 radical (unpaired) electrons. The van der Waals surface area contributed by atoms with Gasteiger partial charge in [-0.3, -0.25) is 4.79 Å². The molecular formula is C14H14O3Si. The number of hydrogen-bond acceptors (Lipinski definition) is 3. The van der Waals surface area contributed by atoms with E-state index in [9.17, 15) is 4.79 Å². The minimum absolute atomic E-state index is 0.0138. The summed E-state index contributed by atoms with van der Waals surface area (Å²) >= 11 is 0. The maximum absolute atomic E-state index is 12.3. The smallest absolute Gasteiger partial charge is 0.301 e. The Morgan fingerprint density at radius 2 is 1.72 bits per heavy atom. The van der Waals surface area contributed by atoms with Crippen molar-refractivity contribution in [2.45, 2.75) is 19.6 Å². The molecule has 0 aliphatic rings. The van der Waals surface area contributed by atoms with Crippen molar-refractivity contribution in [2.24, 2.45) is 0 Å². The van der Waals surface area contributed by atoms with Crippen LogP contribution in [0, 0.1) is 0 Å². The molecule has 0 atom stereocenters. The van der Waals surface area contributed by atoms with Gasteiger partial charge in [0.1, 0.15) is 19.0 Å². The Morgan fingerprint density at radius 3 is 2.44 bits per heavy atom. The maximum Gasteiger partial charge on any atom is 0.301 e. The molecule has 0 fully saturated rings. The molecule has 1 aromatic carbocycles. The largest absolute Gasteiger partial charge is 0.435 e. The molecule has 0 aliphatic carbocycles. The van der Waals surface area contributed by atoms with Gasteiger partial charge in [0.05, 0.1) is 10.8 Å². The van der Waals surface area contributed by atoms with Crippen LogP contribution in [0.15, 0.2) is 44.0 Å². The van der Waals surface area contributed by atoms with Crippen molar-refractivity contribution in [1.82, 2.24) is 0 Å². The van der Waals surface area contributed by atoms with Crippen LogP contribution in [0.25, 0.3) is 22.1 Å². The van der Waals surface area contributed by atoms with Crippen molar-refractivity contribution in [1.29, 1.82) is 0 Å². The van der Waals surface area contributed by atoms with Gasteiger partial charge in [-0.05, 0) is 18.2 Å². The summed E-state index contributed by atoms with van der Waals surface area (Å²) in [5.41, 5.74) is 0.562. The Morgan fingerprint density at radius 1 is 1.00 bits per heavy atom. The second-order valence-corrected chi connectivity index (χ2v) is 10.5. The predicted molar refractivity (Wildman–Crippen MR) is 75.2 cm³/mol. The molecule has 0 unspecified atom stereocenters. The third-order valence-electron chi connectivity index (χ3n) is 3.02. The van der Waals surface area contributed by atoms with E-state index < -0.39 is 8.07 Å². The summed E-state index contributed by atoms with van der Waals surface area (Å²) in [6.45, 7) is 6.53. The molecule has 0 saturated carbocycles. The molecule has 0 bridgehead atoms. The van der Waals surface area contributed by atoms with E-state index in [0.717, 1.165) is 5.38 Å². The van der Waals surface area contributed by atoms with E-state index in [1.165, 1.54) is 0 Å². The van der Waals surface area contributed by atoms with E-state index in [1.807, 2.05) is 18.2 Å². The number of hydrogen-bond donors (Lipinski definition) is 0. The van der Waals surface area contributed by atoms with E-state index >= 15 is 0 Å². The van der Waals surface area contributed by atoms with Crippen LogP contribution in [0.5, 0.6) is 0 Å². The Labute approximate surface area is 105 Å². The highest BCUT2D eigenvalue weighted by Crippen LogP contribution is 2.19. The molecule has 2 heterocycles. The first-order valence-corrected chi connectivity index (χ1v) is 9.43. The lowest BCUT2D eigenvalue weighted by molar-refractivity contribution is 0.510. The summed E-state index contributed by atoms with van der Waals surface area (Å²) < 4.78 is 11.4. The topological polar surface area (TPSA) is 43.4 Å². The van der Waals surface area contributed by atoms with E-state index in [0.29, 0.717) is 22.1 Å². The molecule has 18 heavy (non-hydrogen) atoms. The fourth-order valence-corrected chi connectivity index (χ4v) is 2.94. The zero-order valence-corrected chi connectivity index (χ0v) is 11.6. The van der Waals surface area contributed by atoms with Crippen LogP contribution in [0.3, 0.4) is 0 Å². The van der Waals surface area contributed by atoms with Gasteiger partial charge in [-0.25, -0.2) is 0 Å². The third kappa shape index (κ3) is 1.61. The van der Waals surface area contributed by atoms with Gasteiger partial charge in [-0.1, -0.05) is 31.8 Å². The molecule has 0 N–H and O–H groups in total. The number of rotatable bonds is 1. The Hall–Kier alpha value is -1.81. The monoisotopic (exact) mass is 258 g/mol. The molecule has 3 aromatic rings. The highest BCUT2D eigenvalue weighted by Gasteiger charge is 2.23. The van der Waals surface area contributed by atoms with Gasteiger partial charge in [-0.15, -0.1) is 0 Å². The zero-order chi connectivity index (χ0) is 12.9. The van der Waals surface area contributed by atoms with Gasteiger partial charge in [-0.2, -0.15) is 0 Å². The summed E-state index contributed by atoms with van der Waals surface area (Å²) in [4.78, 5) is 12.3. The predicted octanol–water partition coefficient (Wildman–Crippen LogP) is 3.08. The van der Waals surface area contributed by atoms with Gasteiger partial charge >= 0.3 is 5.78 Å². The van der Waals surface area contributed by atoms with Crippen LogP contribution in [0.4, 0.5) is 0 Å². The van der Waals surface area contributed by atoms with Crippen LogP contribution in [0.2, 0.25) is 19.6 Å². The molecule has 92 valence electrons. The third-order valence-corrected chi connectivity index (χ3v) is 4.74. The molecule has 0 amide bonds. The normalized spacial score (nSPS) is 12.4. The van der Waals surface area contributed by atoms with E-state index in [1.54, 1.807) is 12.1 Å². The number of furan rings is 1. The van der Waals surface area contributed by atoms with Crippen LogP contribution in [-0.2, 0) is 0 Å². The Balaban J connectivity index is 2.44. The summed E-state index contributed by atoms with van der Waals surface area (Å²) in [6, 6.07) is 9.10. The first-order valence-electron chi connectivity index (χ1n) is 5.93. The first kappa shape index (κ1) is 11.3. The van der Waals surface area contributed by atoms with Crippen molar-refractivity contribution >= 4 is 35.6 Å². The van der Waals surface area contributed by atoms with Crippen LogP contribution in [0.1, 0.15) is 0 Å². The number of benzene rings is 1. The maximum atomic E-state index is 12.3. The minimum atomic E-state index is -1.58. The van der Waals surface area contributed by atoms with Crippen LogP contribution < -0.4 is 10.8 Å². The fourth-order valence-electron chi connectivity index (χ4n) is 1.97. The number of fused-ring (bicyclic) bond motifs is 2. The van der Waals surface area contributed by atoms with E-state index in [4.69, 9.17) is 8.83 Å². The summed E-state index contributed by atoms with van der Waals surface area (Å²) in [7, 11) is -1.58. The summed E-state index contributed by atoms with van der Waals surface area (Å²) in [5.74, 6) is 0.344. The summed E-state index contributed by atoms with van der Waals surface area (Å²) in [6.07, 6.45) is 0. The average molecular weight is 258 g/mol. The SMILES string of the molecule is C[Si](C)(C)c1cc2c(=O)c3ccccc3oc2o1. The summed E-state index contributed by atoms with van der Waals surface area (Å²) in [5, 5.41) is 2.05. The van der Waals surface area contributed by atoms with Gasteiger partial charge in [0.15, 0.2) is 0 Å². The first-order chi connectivity index (χ1) is 8.47. The number of para-hydroxylation sites is 1. The van der Waals surface area contributed by atoms with Crippen molar-refractivity contribution in [3.8, 4) is 0 Å². The molecule has 0 aliphatic heterocycles. The molecule has 3 nitrogen and oxygen atoms in total. The quantitative estimate of drug-likeness (QED) is 0.630. The van der Waals surface area contributed by atoms with Crippen molar-refractivity contribution in [3.05, 3.63) is 40.6 Å². The van der Waals surface area contributed by atoms with Crippen molar-refractivity contribution < 1.29 is 8.83 Å². The van der Waals surface area contributed by atoms with Crippen LogP contribution in [-0.4, -0.2) is 8.07 Å². The second kappa shape index (κ2) is 3.59. The van der Waals surface area contributed by atoms with E-state index in [2.05, 4.69) is 19.6 Å². The van der Waals surface area contributed by atoms with Crippen molar-refractivity contribution in [2.75, 3.05) is 0 Å². The highest BCUT2D eigenvalue weighted by atomic mass is 28.3. The molecule has 2 aromatic heterocycles. The molecular weight excluding hydrogens is 244 g/mol. The Bertz CT molecular complexity index is 790. The fraction of sp³-hybridized carbons (Fsp3) is 0.214. The molecule has 0 saturated heterocycles. The highest BCUT2D eigenvalue weighted by molar-refractivity contribution is 6.87. The Kier molecular flexibility index (Phi) is 2.25. The molecule has 4 heteroatoms. The van der Waals surface area contributed by atoms with Gasteiger partial charge in [0.2, 0.25) is 5.43 Å². The van der Waals surface area contributed by atoms with Gasteiger partial charge in [0.25, 0.3) is 0 Å². The lowest BCUT2D eigenvalue weighted by Crippen LogP contribution is -2.36. The average Bonchev–Trinajstić information content (AvgIpc) is 2.73. The second-order valence-electron chi connectivity index (χ2n) is 5.49. The van der Waals surface area contributed by atoms with E-state index in [-0.39, 0.29) is 5.43 Å². The van der Waals surface area contributed by atoms with Crippen molar-refractivity contribution in [3.63, 3.8) is 0 Å². The zero-order valence-electron chi connectivity index (χ0n) is 10.6. The lowest BCUT2D eigenvalue weighted by atomic mass is 10.2. The minimum Gasteiger partial charge on any atom is -0.435 e. The van der Waals surface area contributed by atoms with Crippen LogP contribution >= 0.6 is 0 Å².